The predicted octanol–water partition coefficient (Wildman–Crippen LogP) is 2.33. The van der Waals surface area contributed by atoms with Crippen LogP contribution >= 0.6 is 0 Å². The minimum atomic E-state index is -0.250. The lowest BCUT2D eigenvalue weighted by atomic mass is 9.97. The molecule has 0 atom stereocenters. The predicted molar refractivity (Wildman–Crippen MR) is 109 cm³/mol. The van der Waals surface area contributed by atoms with Crippen LogP contribution in [0.25, 0.3) is 11.0 Å². The molecule has 0 N–H and O–H groups in total. The number of hydrogen-bond donors (Lipinski definition) is 0. The maximum Gasteiger partial charge on any atom is 0.409 e. The fourth-order valence-electron chi connectivity index (χ4n) is 4.88. The fraction of sp³-hybridized carbons (Fsp3) is 0.571. The molecule has 4 rings (SSSR count). The number of nitrogens with zero attached hydrogens (tertiary/aromatic N) is 4. The molecule has 2 aliphatic heterocycles. The van der Waals surface area contributed by atoms with E-state index in [1.165, 1.54) is 18.6 Å². The summed E-state index contributed by atoms with van der Waals surface area (Å²) >= 11 is 0. The Morgan fingerprint density at radius 1 is 0.931 bits per heavy atom. The molecule has 156 valence electrons. The molecular formula is C21H28N4O4. The number of hydrogen-bond acceptors (Lipinski definition) is 5. The molecule has 0 radical (unpaired) electrons. The number of imidazole rings is 1. The highest BCUT2D eigenvalue weighted by molar-refractivity contribution is 5.89. The van der Waals surface area contributed by atoms with Crippen molar-refractivity contribution >= 4 is 23.0 Å². The van der Waals surface area contributed by atoms with E-state index in [1.807, 2.05) is 28.8 Å². The number of carbonyl (C=O) groups excluding carboxylic acids is 2. The molecule has 0 unspecified atom stereocenters. The number of para-hydroxylation sites is 2. The lowest BCUT2D eigenvalue weighted by Gasteiger charge is -2.41. The van der Waals surface area contributed by atoms with Gasteiger partial charge in [0, 0.05) is 45.2 Å². The third kappa shape index (κ3) is 3.57. The first-order chi connectivity index (χ1) is 14.0. The molecule has 2 aromatic rings. The Morgan fingerprint density at radius 3 is 2.10 bits per heavy atom. The largest absolute Gasteiger partial charge is 0.453 e. The van der Waals surface area contributed by atoms with Gasteiger partial charge >= 0.3 is 11.8 Å². The van der Waals surface area contributed by atoms with Crippen molar-refractivity contribution in [2.45, 2.75) is 44.7 Å². The van der Waals surface area contributed by atoms with Crippen LogP contribution in [-0.4, -0.2) is 70.3 Å². The van der Waals surface area contributed by atoms with Crippen molar-refractivity contribution in [2.24, 2.45) is 0 Å². The van der Waals surface area contributed by atoms with Crippen LogP contribution in [0.5, 0.6) is 0 Å². The van der Waals surface area contributed by atoms with Gasteiger partial charge in [0.2, 0.25) is 5.91 Å². The Morgan fingerprint density at radius 2 is 1.52 bits per heavy atom. The normalized spacial score (nSPS) is 19.6. The first-order valence-corrected chi connectivity index (χ1v) is 10.3. The summed E-state index contributed by atoms with van der Waals surface area (Å²) < 4.78 is 7.91. The van der Waals surface area contributed by atoms with Crippen LogP contribution in [0.15, 0.2) is 29.1 Å². The van der Waals surface area contributed by atoms with E-state index in [-0.39, 0.29) is 23.7 Å². The molecule has 29 heavy (non-hydrogen) atoms. The minimum absolute atomic E-state index is 0.0967. The van der Waals surface area contributed by atoms with E-state index in [1.54, 1.807) is 4.90 Å². The number of ether oxygens (including phenoxy) is 1. The third-order valence-electron chi connectivity index (χ3n) is 6.37. The molecule has 1 aromatic heterocycles. The summed E-state index contributed by atoms with van der Waals surface area (Å²) in [6.45, 7) is 4.71. The third-order valence-corrected chi connectivity index (χ3v) is 6.37. The lowest BCUT2D eigenvalue weighted by molar-refractivity contribution is 0.0685. The SMILES string of the molecule is COC(=O)N1CCC(N2CCC(n3c(=O)n(C(C)=O)c4ccccc43)CC2)CC1. The molecule has 1 amide bonds. The molecule has 3 heterocycles. The van der Waals surface area contributed by atoms with E-state index in [4.69, 9.17) is 4.74 Å². The van der Waals surface area contributed by atoms with Gasteiger partial charge < -0.3 is 14.5 Å². The van der Waals surface area contributed by atoms with Gasteiger partial charge in [-0.25, -0.2) is 14.2 Å². The summed E-state index contributed by atoms with van der Waals surface area (Å²) in [6.07, 6.45) is 3.40. The standard InChI is InChI=1S/C21H28N4O4/c1-15(26)24-18-5-3-4-6-19(18)25(20(24)27)17-9-11-22(12-10-17)16-7-13-23(14-8-16)21(28)29-2/h3-6,16-17H,7-14H2,1-2H3. The monoisotopic (exact) mass is 400 g/mol. The summed E-state index contributed by atoms with van der Waals surface area (Å²) in [5.74, 6) is -0.250. The Balaban J connectivity index is 1.46. The lowest BCUT2D eigenvalue weighted by Crippen LogP contribution is -2.49. The van der Waals surface area contributed by atoms with Crippen LogP contribution in [-0.2, 0) is 4.74 Å². The zero-order valence-electron chi connectivity index (χ0n) is 17.0. The fourth-order valence-corrected chi connectivity index (χ4v) is 4.88. The zero-order valence-corrected chi connectivity index (χ0v) is 17.0. The maximum absolute atomic E-state index is 13.0. The first kappa shape index (κ1) is 19.7. The van der Waals surface area contributed by atoms with Gasteiger partial charge in [-0.15, -0.1) is 0 Å². The average Bonchev–Trinajstić information content (AvgIpc) is 3.05. The number of aromatic nitrogens is 2. The van der Waals surface area contributed by atoms with E-state index in [9.17, 15) is 14.4 Å². The average molecular weight is 400 g/mol. The van der Waals surface area contributed by atoms with Crippen molar-refractivity contribution in [1.29, 1.82) is 0 Å². The maximum atomic E-state index is 13.0. The molecule has 2 saturated heterocycles. The van der Waals surface area contributed by atoms with Crippen LogP contribution in [0.2, 0.25) is 0 Å². The number of piperidine rings is 2. The van der Waals surface area contributed by atoms with Gasteiger partial charge in [0.15, 0.2) is 0 Å². The number of benzene rings is 1. The van der Waals surface area contributed by atoms with E-state index in [0.717, 1.165) is 57.4 Å². The Hall–Kier alpha value is -2.61. The molecular weight excluding hydrogens is 372 g/mol. The van der Waals surface area contributed by atoms with Gasteiger partial charge in [0.05, 0.1) is 18.1 Å². The number of fused-ring (bicyclic) bond motifs is 1. The molecule has 0 saturated carbocycles. The zero-order chi connectivity index (χ0) is 20.5. The molecule has 0 aliphatic carbocycles. The molecule has 0 bridgehead atoms. The molecule has 2 fully saturated rings. The summed E-state index contributed by atoms with van der Waals surface area (Å²) in [5.41, 5.74) is 1.28. The van der Waals surface area contributed by atoms with E-state index in [0.29, 0.717) is 11.6 Å². The van der Waals surface area contributed by atoms with Gasteiger partial charge in [-0.1, -0.05) is 12.1 Å². The summed E-state index contributed by atoms with van der Waals surface area (Å²) in [5, 5.41) is 0. The number of carbonyl (C=O) groups is 2. The Kier molecular flexibility index (Phi) is 5.45. The second-order valence-corrected chi connectivity index (χ2v) is 7.95. The van der Waals surface area contributed by atoms with Crippen molar-refractivity contribution in [3.8, 4) is 0 Å². The van der Waals surface area contributed by atoms with Gasteiger partial charge in [-0.3, -0.25) is 9.36 Å². The molecule has 8 nitrogen and oxygen atoms in total. The number of methoxy groups -OCH3 is 1. The van der Waals surface area contributed by atoms with Crippen molar-refractivity contribution in [3.63, 3.8) is 0 Å². The van der Waals surface area contributed by atoms with Crippen molar-refractivity contribution < 1.29 is 14.3 Å². The van der Waals surface area contributed by atoms with Gasteiger partial charge in [-0.05, 0) is 37.8 Å². The van der Waals surface area contributed by atoms with E-state index < -0.39 is 0 Å². The molecule has 0 spiro atoms. The van der Waals surface area contributed by atoms with Crippen molar-refractivity contribution in [3.05, 3.63) is 34.7 Å². The quantitative estimate of drug-likeness (QED) is 0.773. The first-order valence-electron chi connectivity index (χ1n) is 10.3. The molecule has 2 aliphatic rings. The van der Waals surface area contributed by atoms with E-state index >= 15 is 0 Å². The van der Waals surface area contributed by atoms with Gasteiger partial charge in [0.1, 0.15) is 0 Å². The molecule has 1 aromatic carbocycles. The smallest absolute Gasteiger partial charge is 0.409 e. The second kappa shape index (κ2) is 8.02. The second-order valence-electron chi connectivity index (χ2n) is 7.95. The minimum Gasteiger partial charge on any atom is -0.453 e. The van der Waals surface area contributed by atoms with Gasteiger partial charge in [-0.2, -0.15) is 0 Å². The van der Waals surface area contributed by atoms with Crippen molar-refractivity contribution in [1.82, 2.24) is 18.9 Å². The highest BCUT2D eigenvalue weighted by Gasteiger charge is 2.31. The Labute approximate surface area is 169 Å². The topological polar surface area (TPSA) is 76.8 Å². The molecule has 8 heteroatoms. The highest BCUT2D eigenvalue weighted by Crippen LogP contribution is 2.28. The summed E-state index contributed by atoms with van der Waals surface area (Å²) in [7, 11) is 1.42. The summed E-state index contributed by atoms with van der Waals surface area (Å²) in [6, 6.07) is 8.08. The number of likely N-dealkylation sites (tertiary alicyclic amines) is 2. The van der Waals surface area contributed by atoms with Crippen LogP contribution in [0.1, 0.15) is 43.4 Å². The van der Waals surface area contributed by atoms with Crippen LogP contribution in [0, 0.1) is 0 Å². The number of rotatable bonds is 2. The van der Waals surface area contributed by atoms with E-state index in [2.05, 4.69) is 4.90 Å². The van der Waals surface area contributed by atoms with Crippen LogP contribution in [0.3, 0.4) is 0 Å². The number of amides is 1. The Bertz CT molecular complexity index is 963. The highest BCUT2D eigenvalue weighted by atomic mass is 16.5. The summed E-state index contributed by atoms with van der Waals surface area (Å²) in [4.78, 5) is 40.9. The van der Waals surface area contributed by atoms with Crippen LogP contribution < -0.4 is 5.69 Å². The van der Waals surface area contributed by atoms with Crippen LogP contribution in [0.4, 0.5) is 4.79 Å². The van der Waals surface area contributed by atoms with Gasteiger partial charge in [0.25, 0.3) is 0 Å². The van der Waals surface area contributed by atoms with Crippen molar-refractivity contribution in [2.75, 3.05) is 33.3 Å².